The van der Waals surface area contributed by atoms with Gasteiger partial charge < -0.3 is 0 Å². The fourth-order valence-electron chi connectivity index (χ4n) is 0.719. The van der Waals surface area contributed by atoms with Crippen LogP contribution in [0.1, 0.15) is 10.4 Å². The molecule has 0 unspecified atom stereocenters. The number of nitrogens with zero attached hydrogens (tertiary/aromatic N) is 1. The topological polar surface area (TPSA) is 92.1 Å². The molecule has 5 N–H and O–H groups in total. The summed E-state index contributed by atoms with van der Waals surface area (Å²) in [6.07, 6.45) is 3.02. The molecule has 0 aliphatic carbocycles. The van der Waals surface area contributed by atoms with Gasteiger partial charge in [0, 0.05) is 12.4 Å². The SMILES string of the molecule is NNC(=S)NNC(=O)c1cccnc1. The van der Waals surface area contributed by atoms with Gasteiger partial charge >= 0.3 is 0 Å². The number of aromatic nitrogens is 1. The number of hydrogen-bond donors (Lipinski definition) is 4. The molecule has 6 nitrogen and oxygen atoms in total. The minimum Gasteiger partial charge on any atom is -0.300 e. The molecule has 0 bridgehead atoms. The van der Waals surface area contributed by atoms with Gasteiger partial charge in [0.05, 0.1) is 5.56 Å². The second-order valence-electron chi connectivity index (χ2n) is 2.29. The Kier molecular flexibility index (Phi) is 3.77. The van der Waals surface area contributed by atoms with Crippen molar-refractivity contribution in [1.29, 1.82) is 0 Å². The molecule has 0 radical (unpaired) electrons. The number of nitrogens with two attached hydrogens (primary N) is 1. The number of carbonyl (C=O) groups is 1. The maximum Gasteiger partial charge on any atom is 0.271 e. The highest BCUT2D eigenvalue weighted by Crippen LogP contribution is 1.93. The zero-order valence-electron chi connectivity index (χ0n) is 7.15. The van der Waals surface area contributed by atoms with Crippen LogP contribution in [0.5, 0.6) is 0 Å². The van der Waals surface area contributed by atoms with Gasteiger partial charge in [-0.1, -0.05) is 0 Å². The molecular weight excluding hydrogens is 202 g/mol. The second-order valence-corrected chi connectivity index (χ2v) is 2.70. The van der Waals surface area contributed by atoms with Crippen molar-refractivity contribution in [2.24, 2.45) is 5.84 Å². The van der Waals surface area contributed by atoms with Gasteiger partial charge in [-0.15, -0.1) is 0 Å². The van der Waals surface area contributed by atoms with Gasteiger partial charge in [0.25, 0.3) is 5.91 Å². The van der Waals surface area contributed by atoms with E-state index in [1.54, 1.807) is 18.3 Å². The molecule has 7 heteroatoms. The van der Waals surface area contributed by atoms with E-state index >= 15 is 0 Å². The highest BCUT2D eigenvalue weighted by molar-refractivity contribution is 7.80. The highest BCUT2D eigenvalue weighted by atomic mass is 32.1. The summed E-state index contributed by atoms with van der Waals surface area (Å²) in [7, 11) is 0. The van der Waals surface area contributed by atoms with Gasteiger partial charge in [0.1, 0.15) is 0 Å². The standard InChI is InChI=1S/C7H9N5OS/c8-10-7(14)12-11-6(13)5-2-1-3-9-4-5/h1-4H,8H2,(H,11,13)(H2,10,12,14). The normalized spacial score (nSPS) is 8.93. The zero-order chi connectivity index (χ0) is 10.4. The highest BCUT2D eigenvalue weighted by Gasteiger charge is 2.03. The minimum absolute atomic E-state index is 0.127. The third-order valence-corrected chi connectivity index (χ3v) is 1.56. The monoisotopic (exact) mass is 211 g/mol. The Hall–Kier alpha value is -1.73. The average molecular weight is 211 g/mol. The molecular formula is C7H9N5OS. The van der Waals surface area contributed by atoms with Crippen LogP contribution in [-0.2, 0) is 0 Å². The molecule has 0 aliphatic heterocycles. The maximum absolute atomic E-state index is 11.3. The summed E-state index contributed by atoms with van der Waals surface area (Å²) < 4.78 is 0. The molecule has 0 saturated heterocycles. The first kappa shape index (κ1) is 10.4. The van der Waals surface area contributed by atoms with Crippen molar-refractivity contribution in [3.05, 3.63) is 30.1 Å². The Morgan fingerprint density at radius 2 is 2.29 bits per heavy atom. The lowest BCUT2D eigenvalue weighted by atomic mass is 10.3. The Morgan fingerprint density at radius 3 is 2.86 bits per heavy atom. The van der Waals surface area contributed by atoms with Crippen molar-refractivity contribution in [1.82, 2.24) is 21.3 Å². The predicted molar refractivity (Wildman–Crippen MR) is 54.8 cm³/mol. The van der Waals surface area contributed by atoms with Gasteiger partial charge in [-0.3, -0.25) is 26.1 Å². The third-order valence-electron chi connectivity index (χ3n) is 1.34. The maximum atomic E-state index is 11.3. The summed E-state index contributed by atoms with van der Waals surface area (Å²) in [5, 5.41) is 0.127. The van der Waals surface area contributed by atoms with Crippen molar-refractivity contribution in [2.45, 2.75) is 0 Å². The van der Waals surface area contributed by atoms with Gasteiger partial charge in [-0.05, 0) is 24.4 Å². The first-order chi connectivity index (χ1) is 6.74. The molecule has 0 spiro atoms. The van der Waals surface area contributed by atoms with Gasteiger partial charge in [-0.2, -0.15) is 0 Å². The van der Waals surface area contributed by atoms with Gasteiger partial charge in [0.2, 0.25) is 0 Å². The molecule has 74 valence electrons. The van der Waals surface area contributed by atoms with Crippen molar-refractivity contribution in [3.8, 4) is 0 Å². The van der Waals surface area contributed by atoms with Crippen LogP contribution in [0.15, 0.2) is 24.5 Å². The predicted octanol–water partition coefficient (Wildman–Crippen LogP) is -0.936. The van der Waals surface area contributed by atoms with Crippen LogP contribution in [0, 0.1) is 0 Å². The van der Waals surface area contributed by atoms with E-state index in [1.165, 1.54) is 6.20 Å². The van der Waals surface area contributed by atoms with Crippen molar-refractivity contribution in [3.63, 3.8) is 0 Å². The minimum atomic E-state index is -0.337. The Labute approximate surface area is 85.8 Å². The molecule has 0 aromatic carbocycles. The van der Waals surface area contributed by atoms with Crippen molar-refractivity contribution < 1.29 is 4.79 Å². The quantitative estimate of drug-likeness (QED) is 0.272. The number of carbonyl (C=O) groups excluding carboxylic acids is 1. The number of amides is 1. The van der Waals surface area contributed by atoms with Crippen molar-refractivity contribution >= 4 is 23.2 Å². The van der Waals surface area contributed by atoms with E-state index < -0.39 is 0 Å². The lowest BCUT2D eigenvalue weighted by Crippen LogP contribution is -2.48. The van der Waals surface area contributed by atoms with E-state index in [9.17, 15) is 4.79 Å². The molecule has 1 amide bonds. The van der Waals surface area contributed by atoms with E-state index in [2.05, 4.69) is 33.5 Å². The van der Waals surface area contributed by atoms with Crippen LogP contribution in [0.3, 0.4) is 0 Å². The Balaban J connectivity index is 2.48. The van der Waals surface area contributed by atoms with E-state index in [1.807, 2.05) is 0 Å². The van der Waals surface area contributed by atoms with Crippen LogP contribution < -0.4 is 22.1 Å². The van der Waals surface area contributed by atoms with Crippen LogP contribution in [0.2, 0.25) is 0 Å². The Morgan fingerprint density at radius 1 is 1.50 bits per heavy atom. The largest absolute Gasteiger partial charge is 0.300 e. The average Bonchev–Trinajstić information content (AvgIpc) is 2.26. The summed E-state index contributed by atoms with van der Waals surface area (Å²) in [6.45, 7) is 0. The van der Waals surface area contributed by atoms with E-state index in [0.717, 1.165) is 0 Å². The summed E-state index contributed by atoms with van der Waals surface area (Å²) in [4.78, 5) is 15.1. The summed E-state index contributed by atoms with van der Waals surface area (Å²) in [6, 6.07) is 3.29. The lowest BCUT2D eigenvalue weighted by molar-refractivity contribution is 0.0943. The molecule has 0 atom stereocenters. The fourth-order valence-corrected chi connectivity index (χ4v) is 0.770. The Bertz CT molecular complexity index is 328. The smallest absolute Gasteiger partial charge is 0.271 e. The number of thiocarbonyl (C=S) groups is 1. The number of pyridine rings is 1. The molecule has 14 heavy (non-hydrogen) atoms. The van der Waals surface area contributed by atoms with Gasteiger partial charge in [0.15, 0.2) is 5.11 Å². The molecule has 1 rings (SSSR count). The molecule has 0 fully saturated rings. The van der Waals surface area contributed by atoms with E-state index in [4.69, 9.17) is 5.84 Å². The fraction of sp³-hybridized carbons (Fsp3) is 0. The van der Waals surface area contributed by atoms with E-state index in [0.29, 0.717) is 5.56 Å². The number of rotatable bonds is 1. The number of hydrogen-bond acceptors (Lipinski definition) is 4. The first-order valence-electron chi connectivity index (χ1n) is 3.71. The summed E-state index contributed by atoms with van der Waals surface area (Å²) in [5.74, 6) is 4.64. The second kappa shape index (κ2) is 5.10. The van der Waals surface area contributed by atoms with Crippen LogP contribution in [0.4, 0.5) is 0 Å². The zero-order valence-corrected chi connectivity index (χ0v) is 7.97. The number of hydrazine groups is 2. The third kappa shape index (κ3) is 2.96. The summed E-state index contributed by atoms with van der Waals surface area (Å²) >= 11 is 4.65. The van der Waals surface area contributed by atoms with Crippen LogP contribution in [-0.4, -0.2) is 16.0 Å². The van der Waals surface area contributed by atoms with Crippen molar-refractivity contribution in [2.75, 3.05) is 0 Å². The first-order valence-corrected chi connectivity index (χ1v) is 4.12. The molecule has 1 aromatic heterocycles. The lowest BCUT2D eigenvalue weighted by Gasteiger charge is -2.07. The number of nitrogens with one attached hydrogen (secondary N) is 3. The summed E-state index contributed by atoms with van der Waals surface area (Å²) in [5.41, 5.74) is 7.33. The molecule has 1 heterocycles. The van der Waals surface area contributed by atoms with E-state index in [-0.39, 0.29) is 11.0 Å². The molecule has 0 saturated carbocycles. The molecule has 1 aromatic rings. The van der Waals surface area contributed by atoms with Crippen LogP contribution in [0.25, 0.3) is 0 Å². The van der Waals surface area contributed by atoms with Crippen LogP contribution >= 0.6 is 12.2 Å². The van der Waals surface area contributed by atoms with Gasteiger partial charge in [-0.25, -0.2) is 5.84 Å². The molecule has 0 aliphatic rings.